The molecule has 1 heterocycles. The van der Waals surface area contributed by atoms with Crippen LogP contribution in [-0.2, 0) is 6.42 Å². The molecule has 1 unspecified atom stereocenters. The highest BCUT2D eigenvalue weighted by Gasteiger charge is 2.24. The molecule has 2 aromatic rings. The number of rotatable bonds is 2. The van der Waals surface area contributed by atoms with Gasteiger partial charge in [-0.05, 0) is 42.7 Å². The lowest BCUT2D eigenvalue weighted by molar-refractivity contribution is 0.353. The minimum absolute atomic E-state index is 0.235. The minimum Gasteiger partial charge on any atom is -0.493 e. The van der Waals surface area contributed by atoms with Crippen molar-refractivity contribution in [2.75, 3.05) is 6.61 Å². The van der Waals surface area contributed by atoms with Gasteiger partial charge in [0.1, 0.15) is 5.75 Å². The molecule has 0 fully saturated rings. The fraction of sp³-hybridized carbons (Fsp3) is 0.294. The van der Waals surface area contributed by atoms with E-state index in [2.05, 4.69) is 32.0 Å². The first-order valence-electron chi connectivity index (χ1n) is 6.72. The number of ether oxygens (including phenoxy) is 1. The van der Waals surface area contributed by atoms with Gasteiger partial charge in [0, 0.05) is 17.0 Å². The molecule has 104 valence electrons. The van der Waals surface area contributed by atoms with E-state index < -0.39 is 0 Å². The molecule has 3 rings (SSSR count). The van der Waals surface area contributed by atoms with E-state index in [0.29, 0.717) is 6.61 Å². The van der Waals surface area contributed by atoms with E-state index in [9.17, 15) is 0 Å². The quantitative estimate of drug-likeness (QED) is 0.691. The zero-order chi connectivity index (χ0) is 14.3. The average molecular weight is 307 g/mol. The van der Waals surface area contributed by atoms with E-state index in [1.165, 1.54) is 11.1 Å². The minimum atomic E-state index is -0.235. The Morgan fingerprint density at radius 2 is 1.90 bits per heavy atom. The smallest absolute Gasteiger partial charge is 0.127 e. The van der Waals surface area contributed by atoms with Gasteiger partial charge in [0.2, 0.25) is 0 Å². The topological polar surface area (TPSA) is 9.23 Å². The maximum atomic E-state index is 6.71. The molecule has 0 saturated carbocycles. The SMILES string of the molecule is Cc1ccc(C(Cl)c2cc(Cl)cc3c2OCC3)c(C)c1. The highest BCUT2D eigenvalue weighted by molar-refractivity contribution is 6.31. The fourth-order valence-electron chi connectivity index (χ4n) is 2.76. The molecule has 1 atom stereocenters. The molecule has 0 bridgehead atoms. The van der Waals surface area contributed by atoms with Crippen molar-refractivity contribution in [2.24, 2.45) is 0 Å². The second-order valence-electron chi connectivity index (χ2n) is 5.30. The van der Waals surface area contributed by atoms with E-state index in [0.717, 1.165) is 33.9 Å². The molecular weight excluding hydrogens is 291 g/mol. The van der Waals surface area contributed by atoms with Crippen LogP contribution in [0.2, 0.25) is 5.02 Å². The Morgan fingerprint density at radius 3 is 2.65 bits per heavy atom. The van der Waals surface area contributed by atoms with Gasteiger partial charge < -0.3 is 4.74 Å². The highest BCUT2D eigenvalue weighted by atomic mass is 35.5. The maximum absolute atomic E-state index is 6.71. The van der Waals surface area contributed by atoms with Crippen LogP contribution in [0.25, 0.3) is 0 Å². The van der Waals surface area contributed by atoms with Crippen LogP contribution >= 0.6 is 23.2 Å². The molecular formula is C17H16Cl2O. The summed E-state index contributed by atoms with van der Waals surface area (Å²) in [6.07, 6.45) is 0.902. The summed E-state index contributed by atoms with van der Waals surface area (Å²) in [7, 11) is 0. The summed E-state index contributed by atoms with van der Waals surface area (Å²) in [5, 5.41) is 0.487. The lowest BCUT2D eigenvalue weighted by atomic mass is 9.96. The lowest BCUT2D eigenvalue weighted by Gasteiger charge is -2.17. The van der Waals surface area contributed by atoms with Crippen LogP contribution in [0.1, 0.15) is 33.2 Å². The first-order chi connectivity index (χ1) is 9.56. The van der Waals surface area contributed by atoms with Crippen molar-refractivity contribution in [1.82, 2.24) is 0 Å². The molecule has 0 spiro atoms. The average Bonchev–Trinajstić information content (AvgIpc) is 2.85. The summed E-state index contributed by atoms with van der Waals surface area (Å²) in [6, 6.07) is 10.2. The Balaban J connectivity index is 2.09. The van der Waals surface area contributed by atoms with Crippen LogP contribution in [-0.4, -0.2) is 6.61 Å². The standard InChI is InChI=1S/C17H16Cl2O/c1-10-3-4-14(11(2)7-10)16(19)15-9-13(18)8-12-5-6-20-17(12)15/h3-4,7-9,16H,5-6H2,1-2H3. The van der Waals surface area contributed by atoms with E-state index in [1.807, 2.05) is 12.1 Å². The molecule has 1 aliphatic heterocycles. The highest BCUT2D eigenvalue weighted by Crippen LogP contribution is 2.42. The predicted molar refractivity (Wildman–Crippen MR) is 84.3 cm³/mol. The van der Waals surface area contributed by atoms with E-state index in [4.69, 9.17) is 27.9 Å². The first kappa shape index (κ1) is 13.8. The van der Waals surface area contributed by atoms with Gasteiger partial charge in [-0.25, -0.2) is 0 Å². The van der Waals surface area contributed by atoms with E-state index in [1.54, 1.807) is 0 Å². The molecule has 1 aliphatic rings. The number of halogens is 2. The number of alkyl halides is 1. The molecule has 0 saturated heterocycles. The third kappa shape index (κ3) is 2.41. The van der Waals surface area contributed by atoms with Crippen LogP contribution in [0.15, 0.2) is 30.3 Å². The van der Waals surface area contributed by atoms with Gasteiger partial charge in [-0.3, -0.25) is 0 Å². The van der Waals surface area contributed by atoms with Gasteiger partial charge in [-0.15, -0.1) is 11.6 Å². The molecule has 0 amide bonds. The van der Waals surface area contributed by atoms with Crippen LogP contribution in [0.3, 0.4) is 0 Å². The summed E-state index contributed by atoms with van der Waals surface area (Å²) in [5.41, 5.74) is 5.66. The van der Waals surface area contributed by atoms with Gasteiger partial charge in [0.05, 0.1) is 12.0 Å². The van der Waals surface area contributed by atoms with Crippen molar-refractivity contribution in [3.8, 4) is 5.75 Å². The van der Waals surface area contributed by atoms with Crippen molar-refractivity contribution in [3.63, 3.8) is 0 Å². The van der Waals surface area contributed by atoms with Gasteiger partial charge in [-0.1, -0.05) is 35.4 Å². The Kier molecular flexibility index (Phi) is 3.66. The Hall–Kier alpha value is -1.18. The summed E-state index contributed by atoms with van der Waals surface area (Å²) < 4.78 is 5.75. The zero-order valence-corrected chi connectivity index (χ0v) is 13.1. The van der Waals surface area contributed by atoms with Crippen molar-refractivity contribution in [3.05, 3.63) is 63.2 Å². The van der Waals surface area contributed by atoms with Crippen LogP contribution in [0.4, 0.5) is 0 Å². The molecule has 0 N–H and O–H groups in total. The second-order valence-corrected chi connectivity index (χ2v) is 6.18. The third-order valence-corrected chi connectivity index (χ3v) is 4.44. The summed E-state index contributed by atoms with van der Waals surface area (Å²) in [6.45, 7) is 4.88. The third-order valence-electron chi connectivity index (χ3n) is 3.75. The van der Waals surface area contributed by atoms with Gasteiger partial charge in [0.15, 0.2) is 0 Å². The maximum Gasteiger partial charge on any atom is 0.127 e. The number of aryl methyl sites for hydroxylation is 2. The monoisotopic (exact) mass is 306 g/mol. The molecule has 0 radical (unpaired) electrons. The zero-order valence-electron chi connectivity index (χ0n) is 11.5. The van der Waals surface area contributed by atoms with Crippen molar-refractivity contribution >= 4 is 23.2 Å². The Labute approximate surface area is 129 Å². The molecule has 3 heteroatoms. The second kappa shape index (κ2) is 5.31. The molecule has 0 aliphatic carbocycles. The number of benzene rings is 2. The van der Waals surface area contributed by atoms with E-state index in [-0.39, 0.29) is 5.38 Å². The summed E-state index contributed by atoms with van der Waals surface area (Å²) in [4.78, 5) is 0. The normalized spacial score (nSPS) is 14.8. The van der Waals surface area contributed by atoms with E-state index >= 15 is 0 Å². The molecule has 1 nitrogen and oxygen atoms in total. The fourth-order valence-corrected chi connectivity index (χ4v) is 3.42. The van der Waals surface area contributed by atoms with Gasteiger partial charge in [0.25, 0.3) is 0 Å². The first-order valence-corrected chi connectivity index (χ1v) is 7.54. The number of hydrogen-bond acceptors (Lipinski definition) is 1. The number of fused-ring (bicyclic) bond motifs is 1. The number of hydrogen-bond donors (Lipinski definition) is 0. The summed E-state index contributed by atoms with van der Waals surface area (Å²) >= 11 is 12.9. The lowest BCUT2D eigenvalue weighted by Crippen LogP contribution is -2.00. The van der Waals surface area contributed by atoms with Crippen molar-refractivity contribution < 1.29 is 4.74 Å². The Morgan fingerprint density at radius 1 is 1.10 bits per heavy atom. The van der Waals surface area contributed by atoms with Crippen molar-refractivity contribution in [1.29, 1.82) is 0 Å². The van der Waals surface area contributed by atoms with Crippen LogP contribution in [0, 0.1) is 13.8 Å². The largest absolute Gasteiger partial charge is 0.493 e. The molecule has 20 heavy (non-hydrogen) atoms. The van der Waals surface area contributed by atoms with Gasteiger partial charge >= 0.3 is 0 Å². The molecule has 0 aromatic heterocycles. The van der Waals surface area contributed by atoms with Crippen molar-refractivity contribution in [2.45, 2.75) is 25.6 Å². The Bertz CT molecular complexity index is 664. The molecule has 2 aromatic carbocycles. The summed E-state index contributed by atoms with van der Waals surface area (Å²) in [5.74, 6) is 0.911. The van der Waals surface area contributed by atoms with Crippen LogP contribution < -0.4 is 4.74 Å². The van der Waals surface area contributed by atoms with Gasteiger partial charge in [-0.2, -0.15) is 0 Å². The predicted octanol–water partition coefficient (Wildman–Crippen LogP) is 5.22. The van der Waals surface area contributed by atoms with Crippen LogP contribution in [0.5, 0.6) is 5.75 Å².